The lowest BCUT2D eigenvalue weighted by molar-refractivity contribution is 0.277. The zero-order valence-electron chi connectivity index (χ0n) is 13.0. The molecule has 0 fully saturated rings. The molecule has 0 radical (unpaired) electrons. The summed E-state index contributed by atoms with van der Waals surface area (Å²) in [4.78, 5) is 0. The fourth-order valence-corrected chi connectivity index (χ4v) is 3.31. The van der Waals surface area contributed by atoms with Crippen molar-refractivity contribution in [1.82, 2.24) is 5.32 Å². The molecular weight excluding hydrogens is 298 g/mol. The van der Waals surface area contributed by atoms with Gasteiger partial charge in [0.15, 0.2) is 0 Å². The first kappa shape index (κ1) is 16.7. The summed E-state index contributed by atoms with van der Waals surface area (Å²) in [6, 6.07) is 9.19. The maximum absolute atomic E-state index is 3.54. The smallest absolute Gasteiger partial charge is 0.0178 e. The first-order chi connectivity index (χ1) is 8.80. The van der Waals surface area contributed by atoms with E-state index in [4.69, 9.17) is 0 Å². The minimum Gasteiger partial charge on any atom is -0.317 e. The molecule has 1 aromatic rings. The molecule has 0 saturated carbocycles. The second-order valence-corrected chi connectivity index (χ2v) is 7.84. The van der Waals surface area contributed by atoms with Gasteiger partial charge in [0.1, 0.15) is 0 Å². The Labute approximate surface area is 127 Å². The van der Waals surface area contributed by atoms with Crippen LogP contribution in [0.1, 0.15) is 46.1 Å². The lowest BCUT2D eigenvalue weighted by Gasteiger charge is -2.26. The minimum absolute atomic E-state index is 0.424. The van der Waals surface area contributed by atoms with Crippen molar-refractivity contribution in [2.45, 2.75) is 53.0 Å². The number of benzene rings is 1. The summed E-state index contributed by atoms with van der Waals surface area (Å²) in [5.74, 6) is 0.754. The third-order valence-electron chi connectivity index (χ3n) is 3.43. The maximum atomic E-state index is 3.54. The Hall–Kier alpha value is -0.340. The molecule has 0 aliphatic heterocycles. The molecule has 108 valence electrons. The highest BCUT2D eigenvalue weighted by Crippen LogP contribution is 2.27. The summed E-state index contributed by atoms with van der Waals surface area (Å²) in [5, 5.41) is 3.47. The lowest BCUT2D eigenvalue weighted by Crippen LogP contribution is -2.30. The molecule has 19 heavy (non-hydrogen) atoms. The molecular formula is C17H28BrN. The highest BCUT2D eigenvalue weighted by Gasteiger charge is 2.18. The molecule has 2 unspecified atom stereocenters. The van der Waals surface area contributed by atoms with Gasteiger partial charge < -0.3 is 5.32 Å². The van der Waals surface area contributed by atoms with Crippen molar-refractivity contribution in [3.05, 3.63) is 34.3 Å². The van der Waals surface area contributed by atoms with E-state index in [1.54, 1.807) is 0 Å². The molecule has 1 rings (SSSR count). The molecule has 0 aromatic heterocycles. The average molecular weight is 326 g/mol. The molecule has 0 saturated heterocycles. The number of hydrogen-bond donors (Lipinski definition) is 1. The monoisotopic (exact) mass is 325 g/mol. The van der Waals surface area contributed by atoms with Crippen LogP contribution in [0.5, 0.6) is 0 Å². The van der Waals surface area contributed by atoms with Crippen LogP contribution in [0.2, 0.25) is 0 Å². The van der Waals surface area contributed by atoms with Gasteiger partial charge in [0, 0.05) is 10.5 Å². The number of rotatable bonds is 6. The summed E-state index contributed by atoms with van der Waals surface area (Å²) in [6.45, 7) is 9.35. The molecule has 0 heterocycles. The van der Waals surface area contributed by atoms with Gasteiger partial charge in [0.25, 0.3) is 0 Å². The Bertz CT molecular complexity index is 381. The summed E-state index contributed by atoms with van der Waals surface area (Å²) in [7, 11) is 2.08. The van der Waals surface area contributed by atoms with Gasteiger partial charge in [-0.3, -0.25) is 0 Å². The van der Waals surface area contributed by atoms with Crippen molar-refractivity contribution >= 4 is 15.9 Å². The fraction of sp³-hybridized carbons (Fsp3) is 0.647. The predicted octanol–water partition coefficient (Wildman–Crippen LogP) is 5.04. The normalized spacial score (nSPS) is 15.3. The van der Waals surface area contributed by atoms with E-state index >= 15 is 0 Å². The Morgan fingerprint density at radius 3 is 2.47 bits per heavy atom. The van der Waals surface area contributed by atoms with E-state index in [-0.39, 0.29) is 0 Å². The van der Waals surface area contributed by atoms with Crippen molar-refractivity contribution in [3.8, 4) is 0 Å². The van der Waals surface area contributed by atoms with Gasteiger partial charge in [0.05, 0.1) is 0 Å². The van der Waals surface area contributed by atoms with E-state index in [0.717, 1.165) is 12.3 Å². The van der Waals surface area contributed by atoms with Crippen LogP contribution in [0.25, 0.3) is 0 Å². The Kier molecular flexibility index (Phi) is 6.55. The van der Waals surface area contributed by atoms with Crippen molar-refractivity contribution < 1.29 is 0 Å². The second kappa shape index (κ2) is 7.44. The van der Waals surface area contributed by atoms with Crippen LogP contribution in [-0.4, -0.2) is 13.1 Å². The number of nitrogens with one attached hydrogen (secondary N) is 1. The van der Waals surface area contributed by atoms with E-state index in [9.17, 15) is 0 Å². The van der Waals surface area contributed by atoms with E-state index < -0.39 is 0 Å². The Balaban J connectivity index is 2.54. The molecule has 0 bridgehead atoms. The number of likely N-dealkylation sites (N-methyl/N-ethyl adjacent to an activating group) is 1. The van der Waals surface area contributed by atoms with Crippen LogP contribution in [0.4, 0.5) is 0 Å². The molecule has 0 aliphatic carbocycles. The van der Waals surface area contributed by atoms with Crippen LogP contribution in [0, 0.1) is 11.3 Å². The largest absolute Gasteiger partial charge is 0.317 e. The molecule has 0 spiro atoms. The fourth-order valence-electron chi connectivity index (χ4n) is 2.87. The average Bonchev–Trinajstić information content (AvgIpc) is 2.25. The topological polar surface area (TPSA) is 12.0 Å². The highest BCUT2D eigenvalue weighted by molar-refractivity contribution is 9.10. The molecule has 0 amide bonds. The predicted molar refractivity (Wildman–Crippen MR) is 88.5 cm³/mol. The van der Waals surface area contributed by atoms with Crippen molar-refractivity contribution in [1.29, 1.82) is 0 Å². The SMILES string of the molecule is CNC(Cc1cccc(Br)c1)CC(C)CC(C)(C)C. The zero-order chi connectivity index (χ0) is 14.5. The van der Waals surface area contributed by atoms with E-state index in [1.807, 2.05) is 0 Å². The van der Waals surface area contributed by atoms with Crippen LogP contribution in [0.3, 0.4) is 0 Å². The molecule has 1 nitrogen and oxygen atoms in total. The van der Waals surface area contributed by atoms with Crippen molar-refractivity contribution in [2.24, 2.45) is 11.3 Å². The van der Waals surface area contributed by atoms with Gasteiger partial charge in [-0.05, 0) is 55.3 Å². The molecule has 2 heteroatoms. The first-order valence-corrected chi connectivity index (χ1v) is 8.01. The van der Waals surface area contributed by atoms with Crippen molar-refractivity contribution in [2.75, 3.05) is 7.05 Å². The molecule has 1 N–H and O–H groups in total. The van der Waals surface area contributed by atoms with E-state index in [2.05, 4.69) is 80.3 Å². The van der Waals surface area contributed by atoms with E-state index in [0.29, 0.717) is 11.5 Å². The Morgan fingerprint density at radius 1 is 1.26 bits per heavy atom. The summed E-state index contributed by atoms with van der Waals surface area (Å²) in [6.07, 6.45) is 3.62. The van der Waals surface area contributed by atoms with Crippen molar-refractivity contribution in [3.63, 3.8) is 0 Å². The van der Waals surface area contributed by atoms with Gasteiger partial charge in [-0.2, -0.15) is 0 Å². The molecule has 1 aromatic carbocycles. The van der Waals surface area contributed by atoms with Crippen LogP contribution < -0.4 is 5.32 Å². The van der Waals surface area contributed by atoms with Crippen LogP contribution in [0.15, 0.2) is 28.7 Å². The minimum atomic E-state index is 0.424. The summed E-state index contributed by atoms with van der Waals surface area (Å²) >= 11 is 3.54. The third-order valence-corrected chi connectivity index (χ3v) is 3.92. The van der Waals surface area contributed by atoms with Gasteiger partial charge in [-0.25, -0.2) is 0 Å². The third kappa shape index (κ3) is 7.12. The maximum Gasteiger partial charge on any atom is 0.0178 e. The number of hydrogen-bond acceptors (Lipinski definition) is 1. The number of halogens is 1. The van der Waals surface area contributed by atoms with Crippen LogP contribution in [-0.2, 0) is 6.42 Å². The quantitative estimate of drug-likeness (QED) is 0.772. The summed E-state index contributed by atoms with van der Waals surface area (Å²) < 4.78 is 1.17. The van der Waals surface area contributed by atoms with Gasteiger partial charge >= 0.3 is 0 Å². The lowest BCUT2D eigenvalue weighted by atomic mass is 9.82. The summed E-state index contributed by atoms with van der Waals surface area (Å²) in [5.41, 5.74) is 1.82. The molecule has 2 atom stereocenters. The zero-order valence-corrected chi connectivity index (χ0v) is 14.5. The first-order valence-electron chi connectivity index (χ1n) is 7.22. The van der Waals surface area contributed by atoms with Crippen LogP contribution >= 0.6 is 15.9 Å². The highest BCUT2D eigenvalue weighted by atomic mass is 79.9. The van der Waals surface area contributed by atoms with Gasteiger partial charge in [-0.1, -0.05) is 55.8 Å². The second-order valence-electron chi connectivity index (χ2n) is 6.93. The van der Waals surface area contributed by atoms with Gasteiger partial charge in [0.2, 0.25) is 0 Å². The molecule has 0 aliphatic rings. The van der Waals surface area contributed by atoms with Gasteiger partial charge in [-0.15, -0.1) is 0 Å². The standard InChI is InChI=1S/C17H28BrN/c1-13(12-17(2,3)4)9-16(19-5)11-14-7-6-8-15(18)10-14/h6-8,10,13,16,19H,9,11-12H2,1-5H3. The Morgan fingerprint density at radius 2 is 1.95 bits per heavy atom. The van der Waals surface area contributed by atoms with E-state index in [1.165, 1.54) is 22.9 Å².